The van der Waals surface area contributed by atoms with E-state index >= 15 is 0 Å². The maximum absolute atomic E-state index is 14.0. The highest BCUT2D eigenvalue weighted by molar-refractivity contribution is 5.83. The Labute approximate surface area is 193 Å². The molecule has 6 nitrogen and oxygen atoms in total. The Bertz CT molecular complexity index is 1260. The first-order chi connectivity index (χ1) is 16.4. The van der Waals surface area contributed by atoms with Crippen LogP contribution in [-0.4, -0.2) is 56.6 Å². The zero-order chi connectivity index (χ0) is 23.4. The molecule has 0 aliphatic carbocycles. The molecule has 2 aliphatic heterocycles. The van der Waals surface area contributed by atoms with Crippen LogP contribution in [0.4, 0.5) is 17.6 Å². The summed E-state index contributed by atoms with van der Waals surface area (Å²) in [6, 6.07) is 8.52. The fraction of sp³-hybridized carbons (Fsp3) is 0.417. The Morgan fingerprint density at radius 1 is 0.735 bits per heavy atom. The summed E-state index contributed by atoms with van der Waals surface area (Å²) in [6.45, 7) is 1.42. The lowest BCUT2D eigenvalue weighted by molar-refractivity contribution is 0.351. The number of nitrogens with zero attached hydrogens (tertiary/aromatic N) is 4. The second kappa shape index (κ2) is 8.35. The van der Waals surface area contributed by atoms with E-state index in [1.54, 1.807) is 12.1 Å². The zero-order valence-electron chi connectivity index (χ0n) is 18.3. The number of rotatable bonds is 5. The van der Waals surface area contributed by atoms with Gasteiger partial charge in [-0.25, -0.2) is 27.5 Å². The molecular weight excluding hydrogens is 448 g/mol. The van der Waals surface area contributed by atoms with E-state index < -0.39 is 24.0 Å². The third-order valence-electron chi connectivity index (χ3n) is 6.76. The average Bonchev–Trinajstić information content (AvgIpc) is 3.56. The highest BCUT2D eigenvalue weighted by Gasteiger charge is 2.29. The van der Waals surface area contributed by atoms with Crippen LogP contribution in [0, 0.1) is 11.6 Å². The molecule has 0 bridgehead atoms. The molecule has 4 atom stereocenters. The lowest BCUT2D eigenvalue weighted by Crippen LogP contribution is -2.28. The topological polar surface area (TPSA) is 59.7 Å². The molecule has 34 heavy (non-hydrogen) atoms. The molecule has 10 heteroatoms. The molecule has 2 N–H and O–H groups in total. The Morgan fingerprint density at radius 3 is 1.56 bits per heavy atom. The van der Waals surface area contributed by atoms with Crippen molar-refractivity contribution < 1.29 is 17.6 Å². The van der Waals surface area contributed by atoms with E-state index in [2.05, 4.69) is 10.6 Å². The molecule has 2 fully saturated rings. The molecule has 4 heterocycles. The summed E-state index contributed by atoms with van der Waals surface area (Å²) in [7, 11) is 0. The Morgan fingerprint density at radius 2 is 1.18 bits per heavy atom. The first kappa shape index (κ1) is 21.5. The lowest BCUT2D eigenvalue weighted by Gasteiger charge is -2.17. The minimum atomic E-state index is -0.921. The molecule has 2 aliphatic rings. The summed E-state index contributed by atoms with van der Waals surface area (Å²) in [5, 5.41) is 6.37. The predicted molar refractivity (Wildman–Crippen MR) is 121 cm³/mol. The van der Waals surface area contributed by atoms with Crippen molar-refractivity contribution in [2.45, 2.75) is 50.4 Å². The van der Waals surface area contributed by atoms with E-state index in [0.29, 0.717) is 59.6 Å². The van der Waals surface area contributed by atoms with Gasteiger partial charge >= 0.3 is 0 Å². The molecule has 4 aromatic rings. The largest absolute Gasteiger partial charge is 0.320 e. The summed E-state index contributed by atoms with van der Waals surface area (Å²) in [4.78, 5) is 9.41. The van der Waals surface area contributed by atoms with Gasteiger partial charge in [-0.3, -0.25) is 0 Å². The smallest absolute Gasteiger partial charge is 0.177 e. The first-order valence-corrected chi connectivity index (χ1v) is 11.5. The number of nitrogens with one attached hydrogen (secondary N) is 2. The number of imidazole rings is 2. The van der Waals surface area contributed by atoms with Crippen molar-refractivity contribution in [2.75, 3.05) is 13.1 Å². The summed E-state index contributed by atoms with van der Waals surface area (Å²) < 4.78 is 59.6. The van der Waals surface area contributed by atoms with Gasteiger partial charge in [0.1, 0.15) is 24.0 Å². The number of halogens is 4. The van der Waals surface area contributed by atoms with E-state index in [1.165, 1.54) is 24.3 Å². The Hall–Kier alpha value is -2.98. The molecule has 178 valence electrons. The minimum absolute atomic E-state index is 0.115. The highest BCUT2D eigenvalue weighted by Crippen LogP contribution is 2.30. The van der Waals surface area contributed by atoms with E-state index in [4.69, 9.17) is 9.97 Å². The van der Waals surface area contributed by atoms with Gasteiger partial charge in [0.05, 0.1) is 22.1 Å². The van der Waals surface area contributed by atoms with Crippen molar-refractivity contribution in [1.82, 2.24) is 29.7 Å². The Balaban J connectivity index is 1.51. The SMILES string of the molecule is Fc1ccc2c(c1)nc(-c1nc3cc(F)ccc3n1C[C@@H]1CC(F)CN1)n2C[C@@H]1CC(F)CN1. The number of alkyl halides is 2. The van der Waals surface area contributed by atoms with Gasteiger partial charge in [0.2, 0.25) is 0 Å². The molecule has 0 saturated carbocycles. The van der Waals surface area contributed by atoms with Crippen LogP contribution in [0.15, 0.2) is 36.4 Å². The lowest BCUT2D eigenvalue weighted by atomic mass is 10.2. The summed E-state index contributed by atoms with van der Waals surface area (Å²) in [5.41, 5.74) is 2.32. The fourth-order valence-electron chi connectivity index (χ4n) is 5.18. The van der Waals surface area contributed by atoms with Gasteiger partial charge in [-0.1, -0.05) is 0 Å². The maximum Gasteiger partial charge on any atom is 0.177 e. The third kappa shape index (κ3) is 3.84. The number of fused-ring (bicyclic) bond motifs is 2. The minimum Gasteiger partial charge on any atom is -0.320 e. The van der Waals surface area contributed by atoms with Gasteiger partial charge in [-0.2, -0.15) is 0 Å². The van der Waals surface area contributed by atoms with Crippen molar-refractivity contribution >= 4 is 22.1 Å². The average molecular weight is 472 g/mol. The molecule has 0 radical (unpaired) electrons. The molecule has 0 amide bonds. The second-order valence-electron chi connectivity index (χ2n) is 9.23. The van der Waals surface area contributed by atoms with Crippen LogP contribution in [0.2, 0.25) is 0 Å². The standard InChI is InChI=1S/C24H24F4N6/c25-13-1-3-21-19(7-13)31-23(33(21)11-17-5-15(27)9-29-17)24-32-20-8-14(26)2-4-22(20)34(24)12-18-6-16(28)10-30-18/h1-4,7-8,15-18,29-30H,5-6,9-12H2/t15?,16?,17-,18-/m0/s1. The summed E-state index contributed by atoms with van der Waals surface area (Å²) in [6.07, 6.45) is -1.11. The summed E-state index contributed by atoms with van der Waals surface area (Å²) in [5.74, 6) is 0.143. The molecule has 2 saturated heterocycles. The van der Waals surface area contributed by atoms with Crippen LogP contribution >= 0.6 is 0 Å². The number of aromatic nitrogens is 4. The van der Waals surface area contributed by atoms with Crippen molar-refractivity contribution in [2.24, 2.45) is 0 Å². The van der Waals surface area contributed by atoms with Gasteiger partial charge in [0.15, 0.2) is 11.6 Å². The second-order valence-corrected chi connectivity index (χ2v) is 9.23. The molecule has 0 spiro atoms. The van der Waals surface area contributed by atoms with Crippen LogP contribution in [-0.2, 0) is 13.1 Å². The van der Waals surface area contributed by atoms with E-state index in [0.717, 1.165) is 0 Å². The van der Waals surface area contributed by atoms with Crippen molar-refractivity contribution in [1.29, 1.82) is 0 Å². The third-order valence-corrected chi connectivity index (χ3v) is 6.76. The van der Waals surface area contributed by atoms with E-state index in [-0.39, 0.29) is 25.2 Å². The van der Waals surface area contributed by atoms with Gasteiger partial charge in [-0.15, -0.1) is 0 Å². The van der Waals surface area contributed by atoms with Crippen LogP contribution in [0.25, 0.3) is 33.7 Å². The van der Waals surface area contributed by atoms with Crippen molar-refractivity contribution in [3.05, 3.63) is 48.0 Å². The first-order valence-electron chi connectivity index (χ1n) is 11.5. The van der Waals surface area contributed by atoms with Gasteiger partial charge < -0.3 is 19.8 Å². The van der Waals surface area contributed by atoms with Crippen LogP contribution < -0.4 is 10.6 Å². The summed E-state index contributed by atoms with van der Waals surface area (Å²) >= 11 is 0. The van der Waals surface area contributed by atoms with Crippen LogP contribution in [0.3, 0.4) is 0 Å². The quantitative estimate of drug-likeness (QED) is 0.435. The van der Waals surface area contributed by atoms with Gasteiger partial charge in [-0.05, 0) is 37.1 Å². The number of benzene rings is 2. The zero-order valence-corrected chi connectivity index (χ0v) is 18.3. The fourth-order valence-corrected chi connectivity index (χ4v) is 5.18. The van der Waals surface area contributed by atoms with Crippen LogP contribution in [0.1, 0.15) is 12.8 Å². The number of hydrogen-bond acceptors (Lipinski definition) is 4. The molecule has 2 aromatic carbocycles. The number of hydrogen-bond donors (Lipinski definition) is 2. The predicted octanol–water partition coefficient (Wildman–Crippen LogP) is 3.73. The molecule has 2 aromatic heterocycles. The Kier molecular flexibility index (Phi) is 5.29. The van der Waals surface area contributed by atoms with Crippen LogP contribution in [0.5, 0.6) is 0 Å². The molecule has 6 rings (SSSR count). The van der Waals surface area contributed by atoms with E-state index in [1.807, 2.05) is 9.13 Å². The molecule has 2 unspecified atom stereocenters. The van der Waals surface area contributed by atoms with Crippen molar-refractivity contribution in [3.63, 3.8) is 0 Å². The maximum atomic E-state index is 14.0. The highest BCUT2D eigenvalue weighted by atomic mass is 19.1. The van der Waals surface area contributed by atoms with E-state index in [9.17, 15) is 17.6 Å². The van der Waals surface area contributed by atoms with Gasteiger partial charge in [0.25, 0.3) is 0 Å². The normalized spacial score (nSPS) is 25.2. The van der Waals surface area contributed by atoms with Crippen molar-refractivity contribution in [3.8, 4) is 11.6 Å². The molecular formula is C24H24F4N6. The van der Waals surface area contributed by atoms with Gasteiger partial charge in [0, 0.05) is 50.4 Å². The monoisotopic (exact) mass is 472 g/mol.